The van der Waals surface area contributed by atoms with Crippen LogP contribution < -0.4 is 5.32 Å². The summed E-state index contributed by atoms with van der Waals surface area (Å²) in [5.41, 5.74) is 0.884. The Labute approximate surface area is 136 Å². The summed E-state index contributed by atoms with van der Waals surface area (Å²) < 4.78 is 0. The van der Waals surface area contributed by atoms with Crippen molar-refractivity contribution in [1.29, 1.82) is 0 Å². The zero-order valence-electron chi connectivity index (χ0n) is 11.8. The second-order valence-corrected chi connectivity index (χ2v) is 6.61. The Balaban J connectivity index is 2.04. The van der Waals surface area contributed by atoms with Gasteiger partial charge in [-0.15, -0.1) is 0 Å². The standard InChI is InChI=1S/C15H20Cl2N2S/c1-3-11-5-4-10(2)19(9-11)15(20)18-12-6-7-13(16)14(17)8-12/h6-8,10-11H,3-5,9H2,1-2H3,(H,18,20)/t10-,11-/m1/s1. The number of halogens is 2. The zero-order chi connectivity index (χ0) is 14.7. The highest BCUT2D eigenvalue weighted by Gasteiger charge is 2.26. The van der Waals surface area contributed by atoms with Crippen LogP contribution in [-0.2, 0) is 0 Å². The van der Waals surface area contributed by atoms with Crippen LogP contribution in [-0.4, -0.2) is 22.6 Å². The molecule has 0 spiro atoms. The smallest absolute Gasteiger partial charge is 0.173 e. The second-order valence-electron chi connectivity index (χ2n) is 5.41. The van der Waals surface area contributed by atoms with Crippen LogP contribution in [0.1, 0.15) is 33.1 Å². The number of benzene rings is 1. The molecule has 1 saturated heterocycles. The van der Waals surface area contributed by atoms with Crippen molar-refractivity contribution >= 4 is 46.2 Å². The first-order chi connectivity index (χ1) is 9.51. The number of thiocarbonyl (C=S) groups is 1. The van der Waals surface area contributed by atoms with E-state index in [1.807, 2.05) is 12.1 Å². The molecule has 0 radical (unpaired) electrons. The monoisotopic (exact) mass is 330 g/mol. The van der Waals surface area contributed by atoms with Crippen molar-refractivity contribution in [2.45, 2.75) is 39.2 Å². The molecule has 0 saturated carbocycles. The van der Waals surface area contributed by atoms with Gasteiger partial charge in [0.05, 0.1) is 10.0 Å². The van der Waals surface area contributed by atoms with Crippen LogP contribution in [0.2, 0.25) is 10.0 Å². The lowest BCUT2D eigenvalue weighted by atomic mass is 9.92. The molecule has 1 aliphatic rings. The number of anilines is 1. The highest BCUT2D eigenvalue weighted by atomic mass is 35.5. The lowest BCUT2D eigenvalue weighted by molar-refractivity contribution is 0.196. The number of piperidine rings is 1. The molecule has 5 heteroatoms. The molecule has 20 heavy (non-hydrogen) atoms. The van der Waals surface area contributed by atoms with Gasteiger partial charge in [-0.05, 0) is 56.1 Å². The van der Waals surface area contributed by atoms with E-state index >= 15 is 0 Å². The molecule has 0 aromatic heterocycles. The zero-order valence-corrected chi connectivity index (χ0v) is 14.2. The molecule has 0 aliphatic carbocycles. The summed E-state index contributed by atoms with van der Waals surface area (Å²) >= 11 is 17.5. The average molecular weight is 331 g/mol. The van der Waals surface area contributed by atoms with E-state index < -0.39 is 0 Å². The van der Waals surface area contributed by atoms with E-state index in [4.69, 9.17) is 35.4 Å². The van der Waals surface area contributed by atoms with Gasteiger partial charge in [0.25, 0.3) is 0 Å². The first-order valence-corrected chi connectivity index (χ1v) is 8.20. The van der Waals surface area contributed by atoms with E-state index in [2.05, 4.69) is 24.1 Å². The largest absolute Gasteiger partial charge is 0.346 e. The summed E-state index contributed by atoms with van der Waals surface area (Å²) in [6.45, 7) is 5.51. The minimum Gasteiger partial charge on any atom is -0.346 e. The van der Waals surface area contributed by atoms with Gasteiger partial charge >= 0.3 is 0 Å². The molecular formula is C15H20Cl2N2S. The molecule has 1 N–H and O–H groups in total. The van der Waals surface area contributed by atoms with E-state index in [0.717, 1.165) is 23.3 Å². The third-order valence-electron chi connectivity index (χ3n) is 3.99. The lowest BCUT2D eigenvalue weighted by Crippen LogP contribution is -2.47. The van der Waals surface area contributed by atoms with Crippen LogP contribution in [0, 0.1) is 5.92 Å². The third kappa shape index (κ3) is 3.78. The Morgan fingerprint density at radius 1 is 1.35 bits per heavy atom. The minimum atomic E-state index is 0.487. The minimum absolute atomic E-state index is 0.487. The van der Waals surface area contributed by atoms with Crippen LogP contribution in [0.15, 0.2) is 18.2 Å². The Morgan fingerprint density at radius 3 is 2.75 bits per heavy atom. The number of hydrogen-bond acceptors (Lipinski definition) is 1. The first kappa shape index (κ1) is 15.9. The molecule has 0 amide bonds. The van der Waals surface area contributed by atoms with Crippen molar-refractivity contribution in [3.63, 3.8) is 0 Å². The second kappa shape index (κ2) is 6.97. The summed E-state index contributed by atoms with van der Waals surface area (Å²) in [7, 11) is 0. The van der Waals surface area contributed by atoms with Gasteiger partial charge in [-0.1, -0.05) is 36.5 Å². The van der Waals surface area contributed by atoms with Gasteiger partial charge in [0.2, 0.25) is 0 Å². The Kier molecular flexibility index (Phi) is 5.53. The number of likely N-dealkylation sites (tertiary alicyclic amines) is 1. The topological polar surface area (TPSA) is 15.3 Å². The Hall–Kier alpha value is -0.510. The normalized spacial score (nSPS) is 22.7. The first-order valence-electron chi connectivity index (χ1n) is 7.04. The van der Waals surface area contributed by atoms with Crippen LogP contribution in [0.4, 0.5) is 5.69 Å². The van der Waals surface area contributed by atoms with Gasteiger partial charge < -0.3 is 10.2 Å². The summed E-state index contributed by atoms with van der Waals surface area (Å²) in [6, 6.07) is 5.97. The van der Waals surface area contributed by atoms with Crippen LogP contribution in [0.5, 0.6) is 0 Å². The van der Waals surface area contributed by atoms with E-state index in [9.17, 15) is 0 Å². The van der Waals surface area contributed by atoms with Crippen molar-refractivity contribution in [1.82, 2.24) is 4.90 Å². The molecule has 1 aromatic rings. The molecule has 2 nitrogen and oxygen atoms in total. The average Bonchev–Trinajstić information content (AvgIpc) is 2.43. The summed E-state index contributed by atoms with van der Waals surface area (Å²) in [6.07, 6.45) is 3.70. The molecule has 0 bridgehead atoms. The maximum atomic E-state index is 6.03. The van der Waals surface area contributed by atoms with Gasteiger partial charge in [-0.2, -0.15) is 0 Å². The molecule has 2 rings (SSSR count). The Bertz CT molecular complexity index is 493. The molecule has 1 aliphatic heterocycles. The third-order valence-corrected chi connectivity index (χ3v) is 5.06. The van der Waals surface area contributed by atoms with E-state index in [-0.39, 0.29) is 0 Å². The molecule has 2 atom stereocenters. The highest BCUT2D eigenvalue weighted by Crippen LogP contribution is 2.27. The van der Waals surface area contributed by atoms with Gasteiger partial charge in [-0.3, -0.25) is 0 Å². The highest BCUT2D eigenvalue weighted by molar-refractivity contribution is 7.80. The summed E-state index contributed by atoms with van der Waals surface area (Å²) in [4.78, 5) is 2.29. The quantitative estimate of drug-likeness (QED) is 0.750. The van der Waals surface area contributed by atoms with Gasteiger partial charge in [-0.25, -0.2) is 0 Å². The van der Waals surface area contributed by atoms with E-state index in [0.29, 0.717) is 16.1 Å². The summed E-state index contributed by atoms with van der Waals surface area (Å²) in [5, 5.41) is 5.14. The van der Waals surface area contributed by atoms with Crippen LogP contribution in [0.3, 0.4) is 0 Å². The Morgan fingerprint density at radius 2 is 2.10 bits per heavy atom. The molecular weight excluding hydrogens is 311 g/mol. The molecule has 0 unspecified atom stereocenters. The van der Waals surface area contributed by atoms with Crippen molar-refractivity contribution in [3.8, 4) is 0 Å². The molecule has 110 valence electrons. The SMILES string of the molecule is CC[C@@H]1CC[C@@H](C)N(C(=S)Nc2ccc(Cl)c(Cl)c2)C1. The van der Waals surface area contributed by atoms with Gasteiger partial charge in [0.15, 0.2) is 5.11 Å². The van der Waals surface area contributed by atoms with Crippen LogP contribution in [0.25, 0.3) is 0 Å². The van der Waals surface area contributed by atoms with Crippen molar-refractivity contribution in [2.24, 2.45) is 5.92 Å². The maximum Gasteiger partial charge on any atom is 0.173 e. The van der Waals surface area contributed by atoms with E-state index in [1.54, 1.807) is 6.07 Å². The molecule has 1 fully saturated rings. The predicted molar refractivity (Wildman–Crippen MR) is 91.9 cm³/mol. The molecule has 1 heterocycles. The molecule has 1 aromatic carbocycles. The number of nitrogens with one attached hydrogen (secondary N) is 1. The fourth-order valence-electron chi connectivity index (χ4n) is 2.57. The maximum absolute atomic E-state index is 6.03. The van der Waals surface area contributed by atoms with Crippen LogP contribution >= 0.6 is 35.4 Å². The van der Waals surface area contributed by atoms with Gasteiger partial charge in [0, 0.05) is 18.3 Å². The lowest BCUT2D eigenvalue weighted by Gasteiger charge is -2.39. The fraction of sp³-hybridized carbons (Fsp3) is 0.533. The van der Waals surface area contributed by atoms with Crippen molar-refractivity contribution < 1.29 is 0 Å². The number of rotatable bonds is 2. The van der Waals surface area contributed by atoms with Crippen molar-refractivity contribution in [2.75, 3.05) is 11.9 Å². The van der Waals surface area contributed by atoms with Crippen molar-refractivity contribution in [3.05, 3.63) is 28.2 Å². The summed E-state index contributed by atoms with van der Waals surface area (Å²) in [5.74, 6) is 0.736. The number of hydrogen-bond donors (Lipinski definition) is 1. The van der Waals surface area contributed by atoms with E-state index in [1.165, 1.54) is 19.3 Å². The predicted octanol–water partition coefficient (Wildman–Crippen LogP) is 5.20. The fourth-order valence-corrected chi connectivity index (χ4v) is 3.24. The number of nitrogens with zero attached hydrogens (tertiary/aromatic N) is 1. The van der Waals surface area contributed by atoms with Gasteiger partial charge in [0.1, 0.15) is 0 Å².